The number of likely N-dealkylation sites (N-methyl/N-ethyl adjacent to an activating group) is 1. The normalized spacial score (nSPS) is 14.1. The van der Waals surface area contributed by atoms with Gasteiger partial charge in [-0.1, -0.05) is 18.2 Å². The van der Waals surface area contributed by atoms with Gasteiger partial charge < -0.3 is 15.0 Å². The second kappa shape index (κ2) is 7.59. The summed E-state index contributed by atoms with van der Waals surface area (Å²) in [6, 6.07) is 13.3. The highest BCUT2D eigenvalue weighted by Crippen LogP contribution is 2.24. The number of nitrogens with one attached hydrogen (secondary N) is 1. The number of benzene rings is 1. The van der Waals surface area contributed by atoms with Crippen LogP contribution in [0.1, 0.15) is 29.4 Å². The van der Waals surface area contributed by atoms with Gasteiger partial charge in [0, 0.05) is 23.5 Å². The first kappa shape index (κ1) is 16.0. The Morgan fingerprint density at radius 3 is 2.67 bits per heavy atom. The van der Waals surface area contributed by atoms with E-state index in [0.717, 1.165) is 12.3 Å². The molecular formula is C17H24N2OS. The lowest BCUT2D eigenvalue weighted by molar-refractivity contribution is 0.281. The lowest BCUT2D eigenvalue weighted by Crippen LogP contribution is -2.32. The first-order valence-electron chi connectivity index (χ1n) is 7.19. The maximum absolute atomic E-state index is 5.33. The van der Waals surface area contributed by atoms with Gasteiger partial charge in [-0.2, -0.15) is 0 Å². The van der Waals surface area contributed by atoms with Gasteiger partial charge in [0.05, 0.1) is 7.11 Å². The van der Waals surface area contributed by atoms with Crippen LogP contribution in [0.2, 0.25) is 0 Å². The minimum absolute atomic E-state index is 0.322. The molecule has 3 nitrogen and oxygen atoms in total. The van der Waals surface area contributed by atoms with Gasteiger partial charge in [-0.05, 0) is 50.2 Å². The molecule has 0 amide bonds. The second-order valence-corrected chi connectivity index (χ2v) is 6.38. The Kier molecular flexibility index (Phi) is 5.79. The molecule has 2 unspecified atom stereocenters. The second-order valence-electron chi connectivity index (χ2n) is 5.40. The number of ether oxygens (including phenoxy) is 1. The van der Waals surface area contributed by atoms with Gasteiger partial charge in [-0.15, -0.1) is 11.3 Å². The third kappa shape index (κ3) is 4.30. The summed E-state index contributed by atoms with van der Waals surface area (Å²) >= 11 is 1.80. The summed E-state index contributed by atoms with van der Waals surface area (Å²) in [6.45, 7) is 3.11. The van der Waals surface area contributed by atoms with Gasteiger partial charge in [0.15, 0.2) is 0 Å². The number of thiophene rings is 1. The van der Waals surface area contributed by atoms with Gasteiger partial charge in [0.1, 0.15) is 5.75 Å². The third-order valence-corrected chi connectivity index (χ3v) is 4.74. The summed E-state index contributed by atoms with van der Waals surface area (Å²) in [4.78, 5) is 3.61. The Morgan fingerprint density at radius 2 is 2.05 bits per heavy atom. The van der Waals surface area contributed by atoms with Crippen LogP contribution in [0.4, 0.5) is 0 Å². The summed E-state index contributed by atoms with van der Waals surface area (Å²) in [6.07, 6.45) is 0. The van der Waals surface area contributed by atoms with Gasteiger partial charge in [0.2, 0.25) is 0 Å². The molecule has 0 fully saturated rings. The van der Waals surface area contributed by atoms with Gasteiger partial charge >= 0.3 is 0 Å². The Labute approximate surface area is 131 Å². The molecule has 1 N–H and O–H groups in total. The average molecular weight is 304 g/mol. The predicted octanol–water partition coefficient (Wildman–Crippen LogP) is 3.71. The van der Waals surface area contributed by atoms with Gasteiger partial charge in [-0.25, -0.2) is 0 Å². The minimum atomic E-state index is 0.322. The molecule has 0 aliphatic carbocycles. The topological polar surface area (TPSA) is 24.5 Å². The van der Waals surface area contributed by atoms with E-state index in [1.165, 1.54) is 10.4 Å². The van der Waals surface area contributed by atoms with Crippen molar-refractivity contribution in [1.29, 1.82) is 0 Å². The summed E-state index contributed by atoms with van der Waals surface area (Å²) < 4.78 is 5.33. The van der Waals surface area contributed by atoms with E-state index in [0.29, 0.717) is 12.1 Å². The Hall–Kier alpha value is -1.36. The van der Waals surface area contributed by atoms with E-state index in [9.17, 15) is 0 Å². The first-order valence-corrected chi connectivity index (χ1v) is 8.07. The molecule has 4 heteroatoms. The summed E-state index contributed by atoms with van der Waals surface area (Å²) in [5, 5.41) is 5.75. The fourth-order valence-electron chi connectivity index (χ4n) is 2.37. The van der Waals surface area contributed by atoms with Crippen LogP contribution >= 0.6 is 11.3 Å². The van der Waals surface area contributed by atoms with E-state index in [1.54, 1.807) is 18.4 Å². The van der Waals surface area contributed by atoms with Crippen molar-refractivity contribution < 1.29 is 4.74 Å². The molecule has 1 heterocycles. The average Bonchev–Trinajstić information content (AvgIpc) is 3.01. The molecular weight excluding hydrogens is 280 g/mol. The molecule has 0 bridgehead atoms. The Balaban J connectivity index is 2.05. The predicted molar refractivity (Wildman–Crippen MR) is 90.2 cm³/mol. The van der Waals surface area contributed by atoms with E-state index in [1.807, 2.05) is 12.1 Å². The molecule has 1 aromatic heterocycles. The standard InChI is InChI=1S/C17H24N2OS/c1-13(17-9-6-10-21-17)18-12-16(19(2)3)14-7-5-8-15(11-14)20-4/h5-11,13,16,18H,12H2,1-4H3. The highest BCUT2D eigenvalue weighted by Gasteiger charge is 2.16. The maximum Gasteiger partial charge on any atom is 0.119 e. The van der Waals surface area contributed by atoms with Crippen molar-refractivity contribution in [2.75, 3.05) is 27.7 Å². The molecule has 2 atom stereocenters. The van der Waals surface area contributed by atoms with Crippen LogP contribution in [-0.2, 0) is 0 Å². The van der Waals surface area contributed by atoms with Crippen molar-refractivity contribution >= 4 is 11.3 Å². The van der Waals surface area contributed by atoms with Crippen molar-refractivity contribution in [1.82, 2.24) is 10.2 Å². The van der Waals surface area contributed by atoms with Crippen molar-refractivity contribution in [2.24, 2.45) is 0 Å². The van der Waals surface area contributed by atoms with Gasteiger partial charge in [0.25, 0.3) is 0 Å². The van der Waals surface area contributed by atoms with E-state index in [2.05, 4.69) is 60.9 Å². The summed E-state index contributed by atoms with van der Waals surface area (Å²) in [5.41, 5.74) is 1.27. The quantitative estimate of drug-likeness (QED) is 0.844. The van der Waals surface area contributed by atoms with Crippen molar-refractivity contribution in [3.8, 4) is 5.75 Å². The van der Waals surface area contributed by atoms with E-state index >= 15 is 0 Å². The van der Waals surface area contributed by atoms with Crippen molar-refractivity contribution in [3.63, 3.8) is 0 Å². The minimum Gasteiger partial charge on any atom is -0.497 e. The molecule has 0 spiro atoms. The smallest absolute Gasteiger partial charge is 0.119 e. The first-order chi connectivity index (χ1) is 10.1. The molecule has 2 aromatic rings. The van der Waals surface area contributed by atoms with Crippen molar-refractivity contribution in [3.05, 3.63) is 52.2 Å². The van der Waals surface area contributed by atoms with Crippen LogP contribution in [0.25, 0.3) is 0 Å². The summed E-state index contributed by atoms with van der Waals surface area (Å²) in [5.74, 6) is 0.908. The Bertz CT molecular complexity index is 539. The van der Waals surface area contributed by atoms with Crippen LogP contribution in [0.3, 0.4) is 0 Å². The highest BCUT2D eigenvalue weighted by atomic mass is 32.1. The molecule has 0 radical (unpaired) electrons. The zero-order valence-corrected chi connectivity index (χ0v) is 14.0. The van der Waals surface area contributed by atoms with Crippen molar-refractivity contribution in [2.45, 2.75) is 19.0 Å². The molecule has 21 heavy (non-hydrogen) atoms. The number of hydrogen-bond acceptors (Lipinski definition) is 4. The van der Waals surface area contributed by atoms with Crippen LogP contribution in [-0.4, -0.2) is 32.6 Å². The molecule has 114 valence electrons. The molecule has 1 aromatic carbocycles. The number of hydrogen-bond donors (Lipinski definition) is 1. The molecule has 2 rings (SSSR count). The van der Waals surface area contributed by atoms with Crippen LogP contribution < -0.4 is 10.1 Å². The third-order valence-electron chi connectivity index (χ3n) is 3.69. The molecule has 0 aliphatic heterocycles. The maximum atomic E-state index is 5.33. The highest BCUT2D eigenvalue weighted by molar-refractivity contribution is 7.10. The number of methoxy groups -OCH3 is 1. The largest absolute Gasteiger partial charge is 0.497 e. The molecule has 0 saturated heterocycles. The van der Waals surface area contributed by atoms with Gasteiger partial charge in [-0.3, -0.25) is 0 Å². The fourth-order valence-corrected chi connectivity index (χ4v) is 3.13. The van der Waals surface area contributed by atoms with Crippen LogP contribution in [0, 0.1) is 0 Å². The Morgan fingerprint density at radius 1 is 1.24 bits per heavy atom. The summed E-state index contributed by atoms with van der Waals surface area (Å²) in [7, 11) is 5.93. The van der Waals surface area contributed by atoms with E-state index in [-0.39, 0.29) is 0 Å². The van der Waals surface area contributed by atoms with E-state index < -0.39 is 0 Å². The zero-order valence-electron chi connectivity index (χ0n) is 13.2. The molecule has 0 saturated carbocycles. The monoisotopic (exact) mass is 304 g/mol. The van der Waals surface area contributed by atoms with Crippen LogP contribution in [0.5, 0.6) is 5.75 Å². The van der Waals surface area contributed by atoms with Crippen LogP contribution in [0.15, 0.2) is 41.8 Å². The zero-order chi connectivity index (χ0) is 15.2. The fraction of sp³-hybridized carbons (Fsp3) is 0.412. The lowest BCUT2D eigenvalue weighted by atomic mass is 10.1. The number of rotatable bonds is 7. The number of nitrogens with zero attached hydrogens (tertiary/aromatic N) is 1. The van der Waals surface area contributed by atoms with E-state index in [4.69, 9.17) is 4.74 Å². The lowest BCUT2D eigenvalue weighted by Gasteiger charge is -2.27. The molecule has 0 aliphatic rings. The SMILES string of the molecule is COc1cccc(C(CNC(C)c2cccs2)N(C)C)c1.